The van der Waals surface area contributed by atoms with E-state index in [1.165, 1.54) is 37.0 Å². The Hall–Kier alpha value is -2.78. The highest BCUT2D eigenvalue weighted by Crippen LogP contribution is 2.39. The largest absolute Gasteiger partial charge is 0.246 e. The minimum Gasteiger partial charge on any atom is -0.246 e. The van der Waals surface area contributed by atoms with Crippen molar-refractivity contribution in [2.24, 2.45) is 7.05 Å². The van der Waals surface area contributed by atoms with Crippen molar-refractivity contribution < 1.29 is 4.57 Å². The van der Waals surface area contributed by atoms with E-state index in [0.29, 0.717) is 0 Å². The zero-order valence-electron chi connectivity index (χ0n) is 14.2. The summed E-state index contributed by atoms with van der Waals surface area (Å²) < 4.78 is 4.75. The van der Waals surface area contributed by atoms with Gasteiger partial charge in [0.1, 0.15) is 7.05 Å². The van der Waals surface area contributed by atoms with Crippen molar-refractivity contribution in [1.82, 2.24) is 4.98 Å². The van der Waals surface area contributed by atoms with Crippen molar-refractivity contribution in [3.63, 3.8) is 0 Å². The van der Waals surface area contributed by atoms with E-state index in [1.54, 1.807) is 0 Å². The van der Waals surface area contributed by atoms with Crippen LogP contribution in [0.4, 0.5) is 0 Å². The van der Waals surface area contributed by atoms with E-state index in [-0.39, 0.29) is 0 Å². The summed E-state index contributed by atoms with van der Waals surface area (Å²) in [4.78, 5) is 5.02. The van der Waals surface area contributed by atoms with Gasteiger partial charge in [0.25, 0.3) is 0 Å². The Balaban J connectivity index is 1.99. The molecule has 25 heavy (non-hydrogen) atoms. The van der Waals surface area contributed by atoms with Crippen molar-refractivity contribution in [2.45, 2.75) is 6.92 Å². The van der Waals surface area contributed by atoms with Crippen LogP contribution in [0.5, 0.6) is 0 Å². The molecule has 0 spiro atoms. The number of para-hydroxylation sites is 1. The van der Waals surface area contributed by atoms with Crippen LogP contribution in [0.3, 0.4) is 0 Å². The molecule has 0 N–H and O–H groups in total. The van der Waals surface area contributed by atoms with Crippen molar-refractivity contribution in [3.8, 4) is 11.3 Å². The van der Waals surface area contributed by atoms with Gasteiger partial charge in [0.15, 0.2) is 6.20 Å². The predicted octanol–water partition coefficient (Wildman–Crippen LogP) is 5.40. The van der Waals surface area contributed by atoms with Crippen LogP contribution in [0.25, 0.3) is 42.5 Å². The van der Waals surface area contributed by atoms with Gasteiger partial charge in [0.05, 0.1) is 21.1 Å². The van der Waals surface area contributed by atoms with Crippen LogP contribution in [-0.2, 0) is 7.05 Å². The molecule has 5 aromatic rings. The highest BCUT2D eigenvalue weighted by molar-refractivity contribution is 7.25. The summed E-state index contributed by atoms with van der Waals surface area (Å²) >= 11 is 1.82. The maximum Gasteiger partial charge on any atom is 0.223 e. The topological polar surface area (TPSA) is 16.8 Å². The lowest BCUT2D eigenvalue weighted by molar-refractivity contribution is -0.659. The van der Waals surface area contributed by atoms with Crippen LogP contribution in [0, 0.1) is 6.92 Å². The third kappa shape index (κ3) is 2.16. The van der Waals surface area contributed by atoms with Crippen molar-refractivity contribution in [2.75, 3.05) is 0 Å². The van der Waals surface area contributed by atoms with E-state index in [2.05, 4.69) is 85.4 Å². The van der Waals surface area contributed by atoms with Crippen molar-refractivity contribution in [1.29, 1.82) is 0 Å². The van der Waals surface area contributed by atoms with Gasteiger partial charge in [-0.05, 0) is 30.7 Å². The Labute approximate surface area is 150 Å². The molecule has 0 radical (unpaired) electrons. The Morgan fingerprint density at radius 1 is 0.920 bits per heavy atom. The summed E-state index contributed by atoms with van der Waals surface area (Å²) in [7, 11) is 2.12. The van der Waals surface area contributed by atoms with Crippen LogP contribution in [0.2, 0.25) is 0 Å². The van der Waals surface area contributed by atoms with Crippen LogP contribution in [0.15, 0.2) is 66.9 Å². The van der Waals surface area contributed by atoms with Gasteiger partial charge in [-0.25, -0.2) is 9.55 Å². The average Bonchev–Trinajstić information content (AvgIpc) is 2.98. The van der Waals surface area contributed by atoms with Gasteiger partial charge in [-0.1, -0.05) is 36.4 Å². The van der Waals surface area contributed by atoms with Gasteiger partial charge in [-0.3, -0.25) is 0 Å². The number of nitrogens with zero attached hydrogens (tertiary/aromatic N) is 2. The SMILES string of the molecule is Cc1ccccc1-c1c2c(cc[n+]1C)sc1cc3ccccc3nc12. The Bertz CT molecular complexity index is 1270. The minimum absolute atomic E-state index is 1.05. The standard InChI is InChI=1S/C22H17N2S/c1-14-7-3-5-9-16(14)22-20-18(11-12-24(22)2)25-19-13-15-8-4-6-10-17(15)23-21(19)20/h3-13H,1-2H3/q+1. The predicted molar refractivity (Wildman–Crippen MR) is 106 cm³/mol. The molecule has 0 amide bonds. The number of aromatic nitrogens is 2. The molecule has 0 saturated heterocycles. The van der Waals surface area contributed by atoms with Gasteiger partial charge in [-0.15, -0.1) is 11.3 Å². The lowest BCUT2D eigenvalue weighted by Crippen LogP contribution is -2.30. The van der Waals surface area contributed by atoms with Gasteiger partial charge in [0.2, 0.25) is 5.69 Å². The summed E-state index contributed by atoms with van der Waals surface area (Å²) in [6, 6.07) is 21.4. The second-order valence-electron chi connectivity index (χ2n) is 6.46. The lowest BCUT2D eigenvalue weighted by atomic mass is 10.0. The molecule has 2 aromatic carbocycles. The molecule has 0 aliphatic rings. The first-order valence-corrected chi connectivity index (χ1v) is 9.21. The number of thiophene rings is 1. The third-order valence-electron chi connectivity index (χ3n) is 4.83. The normalized spacial score (nSPS) is 11.6. The van der Waals surface area contributed by atoms with E-state index in [4.69, 9.17) is 4.98 Å². The van der Waals surface area contributed by atoms with Crippen LogP contribution in [0.1, 0.15) is 5.56 Å². The fraction of sp³-hybridized carbons (Fsp3) is 0.0909. The van der Waals surface area contributed by atoms with Gasteiger partial charge in [-0.2, -0.15) is 0 Å². The Morgan fingerprint density at radius 3 is 2.60 bits per heavy atom. The van der Waals surface area contributed by atoms with E-state index >= 15 is 0 Å². The first-order chi connectivity index (χ1) is 12.2. The van der Waals surface area contributed by atoms with Crippen LogP contribution >= 0.6 is 11.3 Å². The highest BCUT2D eigenvalue weighted by Gasteiger charge is 2.21. The monoisotopic (exact) mass is 341 g/mol. The molecule has 0 saturated carbocycles. The number of pyridine rings is 2. The molecule has 0 fully saturated rings. The van der Waals surface area contributed by atoms with Gasteiger partial charge in [0, 0.05) is 21.7 Å². The Kier molecular flexibility index (Phi) is 3.12. The Morgan fingerprint density at radius 2 is 1.72 bits per heavy atom. The van der Waals surface area contributed by atoms with E-state index < -0.39 is 0 Å². The van der Waals surface area contributed by atoms with Crippen molar-refractivity contribution in [3.05, 3.63) is 72.4 Å². The average molecular weight is 341 g/mol. The number of hydrogen-bond donors (Lipinski definition) is 0. The second-order valence-corrected chi connectivity index (χ2v) is 7.54. The number of rotatable bonds is 1. The maximum absolute atomic E-state index is 5.02. The molecular weight excluding hydrogens is 324 g/mol. The molecule has 3 aromatic heterocycles. The summed E-state index contributed by atoms with van der Waals surface area (Å²) in [6.07, 6.45) is 2.15. The quantitative estimate of drug-likeness (QED) is 0.373. The molecule has 3 heteroatoms. The minimum atomic E-state index is 1.05. The van der Waals surface area contributed by atoms with Gasteiger partial charge < -0.3 is 0 Å². The number of aryl methyl sites for hydroxylation is 2. The summed E-state index contributed by atoms with van der Waals surface area (Å²) in [5.41, 5.74) is 5.95. The third-order valence-corrected chi connectivity index (χ3v) is 5.92. The number of hydrogen-bond acceptors (Lipinski definition) is 2. The van der Waals surface area contributed by atoms with Crippen LogP contribution < -0.4 is 4.57 Å². The van der Waals surface area contributed by atoms with Gasteiger partial charge >= 0.3 is 0 Å². The zero-order valence-corrected chi connectivity index (χ0v) is 15.0. The van der Waals surface area contributed by atoms with Crippen molar-refractivity contribution >= 4 is 42.5 Å². The summed E-state index contributed by atoms with van der Waals surface area (Å²) in [5, 5.41) is 2.45. The number of benzene rings is 2. The first kappa shape index (κ1) is 14.6. The molecule has 2 nitrogen and oxygen atoms in total. The first-order valence-electron chi connectivity index (χ1n) is 8.39. The molecule has 0 unspecified atom stereocenters. The summed E-state index contributed by atoms with van der Waals surface area (Å²) in [5.74, 6) is 0. The molecule has 120 valence electrons. The highest BCUT2D eigenvalue weighted by atomic mass is 32.1. The van der Waals surface area contributed by atoms with E-state index in [9.17, 15) is 0 Å². The molecule has 0 aliphatic heterocycles. The van der Waals surface area contributed by atoms with E-state index in [1.807, 2.05) is 11.3 Å². The lowest BCUT2D eigenvalue weighted by Gasteiger charge is -2.06. The molecule has 0 aliphatic carbocycles. The molecule has 3 heterocycles. The molecule has 5 rings (SSSR count). The fourth-order valence-electron chi connectivity index (χ4n) is 3.58. The fourth-order valence-corrected chi connectivity index (χ4v) is 4.67. The number of fused-ring (bicyclic) bond motifs is 4. The molecular formula is C22H17N2S+. The zero-order chi connectivity index (χ0) is 17.0. The maximum atomic E-state index is 5.02. The second kappa shape index (κ2) is 5.36. The van der Waals surface area contributed by atoms with E-state index in [0.717, 1.165) is 11.0 Å². The molecule has 0 bridgehead atoms. The smallest absolute Gasteiger partial charge is 0.223 e. The van der Waals surface area contributed by atoms with Crippen LogP contribution in [-0.4, -0.2) is 4.98 Å². The molecule has 0 atom stereocenters. The summed E-state index contributed by atoms with van der Waals surface area (Å²) in [6.45, 7) is 2.17.